The van der Waals surface area contributed by atoms with E-state index in [1.165, 1.54) is 0 Å². The van der Waals surface area contributed by atoms with Gasteiger partial charge < -0.3 is 5.21 Å². The summed E-state index contributed by atoms with van der Waals surface area (Å²) in [7, 11) is 0. The van der Waals surface area contributed by atoms with Gasteiger partial charge in [-0.2, -0.15) is 0 Å². The zero-order valence-electron chi connectivity index (χ0n) is 13.0. The van der Waals surface area contributed by atoms with Crippen LogP contribution in [0.5, 0.6) is 0 Å². The Balaban J connectivity index is 2.29. The van der Waals surface area contributed by atoms with E-state index in [1.54, 1.807) is 12.4 Å². The fourth-order valence-corrected chi connectivity index (χ4v) is 2.51. The fourth-order valence-electron chi connectivity index (χ4n) is 2.51. The number of imidazole rings is 1. The molecule has 1 aromatic carbocycles. The highest BCUT2D eigenvalue weighted by Crippen LogP contribution is 2.31. The average molecular weight is 293 g/mol. The standard InChI is InChI=1S/C18H19N3O/c1-18(2,3)17-20-15(14-10-7-11-19-12-14)16(21(17)22)13-8-5-4-6-9-13/h4-12,20H,1-3H3. The summed E-state index contributed by atoms with van der Waals surface area (Å²) >= 11 is 0. The number of hydrogen-bond donors (Lipinski definition) is 1. The van der Waals surface area contributed by atoms with E-state index in [1.807, 2.05) is 63.2 Å². The van der Waals surface area contributed by atoms with Gasteiger partial charge in [-0.25, -0.2) is 9.71 Å². The molecule has 4 heteroatoms. The van der Waals surface area contributed by atoms with E-state index >= 15 is 0 Å². The van der Waals surface area contributed by atoms with Crippen molar-refractivity contribution in [2.75, 3.05) is 0 Å². The van der Waals surface area contributed by atoms with Gasteiger partial charge in [0.25, 0.3) is 5.82 Å². The molecule has 4 nitrogen and oxygen atoms in total. The number of nitrogens with one attached hydrogen (secondary N) is 1. The molecule has 0 saturated carbocycles. The minimum absolute atomic E-state index is 0.272. The van der Waals surface area contributed by atoms with E-state index < -0.39 is 0 Å². The number of hydrogen-bond acceptors (Lipinski definition) is 2. The predicted molar refractivity (Wildman–Crippen MR) is 87.1 cm³/mol. The van der Waals surface area contributed by atoms with Gasteiger partial charge in [-0.1, -0.05) is 30.3 Å². The molecule has 2 heterocycles. The van der Waals surface area contributed by atoms with Crippen LogP contribution in [0.4, 0.5) is 0 Å². The van der Waals surface area contributed by atoms with Crippen LogP contribution >= 0.6 is 0 Å². The zero-order valence-corrected chi connectivity index (χ0v) is 13.0. The normalized spacial score (nSPS) is 11.6. The summed E-state index contributed by atoms with van der Waals surface area (Å²) in [5.74, 6) is 0.644. The zero-order chi connectivity index (χ0) is 15.7. The largest absolute Gasteiger partial charge is 0.710 e. The number of aromatic nitrogens is 3. The Morgan fingerprint density at radius 1 is 1.00 bits per heavy atom. The first-order chi connectivity index (χ1) is 10.5. The lowest BCUT2D eigenvalue weighted by molar-refractivity contribution is -0.605. The molecule has 1 N–H and O–H groups in total. The number of H-pyrrole nitrogens is 1. The molecule has 0 amide bonds. The SMILES string of the molecule is CC(C)(C)c1[nH]c(-c2cccnc2)c(-c2ccccc2)[n+]1[O-]. The smallest absolute Gasteiger partial charge is 0.263 e. The Morgan fingerprint density at radius 2 is 1.68 bits per heavy atom. The van der Waals surface area contributed by atoms with Crippen LogP contribution in [-0.4, -0.2) is 9.97 Å². The minimum atomic E-state index is -0.272. The molecule has 0 saturated heterocycles. The summed E-state index contributed by atoms with van der Waals surface area (Å²) in [6.45, 7) is 6.07. The minimum Gasteiger partial charge on any atom is -0.710 e. The average Bonchev–Trinajstić information content (AvgIpc) is 2.86. The quantitative estimate of drug-likeness (QED) is 0.579. The maximum absolute atomic E-state index is 12.9. The van der Waals surface area contributed by atoms with Crippen LogP contribution in [0, 0.1) is 5.21 Å². The first-order valence-electron chi connectivity index (χ1n) is 7.30. The van der Waals surface area contributed by atoms with E-state index in [0.29, 0.717) is 11.5 Å². The van der Waals surface area contributed by atoms with Gasteiger partial charge in [0, 0.05) is 23.5 Å². The molecule has 0 bridgehead atoms. The third-order valence-electron chi connectivity index (χ3n) is 3.59. The lowest BCUT2D eigenvalue weighted by atomic mass is 9.96. The number of nitrogens with zero attached hydrogens (tertiary/aromatic N) is 2. The third kappa shape index (κ3) is 2.48. The summed E-state index contributed by atoms with van der Waals surface area (Å²) in [4.78, 5) is 7.48. The van der Waals surface area contributed by atoms with Crippen molar-refractivity contribution in [3.63, 3.8) is 0 Å². The van der Waals surface area contributed by atoms with Crippen molar-refractivity contribution in [3.05, 3.63) is 65.9 Å². The topological polar surface area (TPSA) is 55.6 Å². The second-order valence-electron chi connectivity index (χ2n) is 6.35. The fraction of sp³-hybridized carbons (Fsp3) is 0.222. The van der Waals surface area contributed by atoms with Gasteiger partial charge in [-0.15, -0.1) is 0 Å². The first kappa shape index (κ1) is 14.3. The van der Waals surface area contributed by atoms with Crippen LogP contribution in [0.1, 0.15) is 26.6 Å². The molecule has 0 fully saturated rings. The van der Waals surface area contributed by atoms with Crippen molar-refractivity contribution in [2.24, 2.45) is 0 Å². The number of benzene rings is 1. The van der Waals surface area contributed by atoms with Crippen LogP contribution in [0.2, 0.25) is 0 Å². The second kappa shape index (κ2) is 5.30. The van der Waals surface area contributed by atoms with E-state index in [9.17, 15) is 5.21 Å². The van der Waals surface area contributed by atoms with Crippen molar-refractivity contribution in [1.82, 2.24) is 9.97 Å². The van der Waals surface area contributed by atoms with Crippen LogP contribution in [-0.2, 0) is 5.41 Å². The van der Waals surface area contributed by atoms with E-state index in [0.717, 1.165) is 21.6 Å². The molecule has 0 aliphatic carbocycles. The van der Waals surface area contributed by atoms with E-state index in [4.69, 9.17) is 0 Å². The second-order valence-corrected chi connectivity index (χ2v) is 6.35. The highest BCUT2D eigenvalue weighted by molar-refractivity contribution is 5.75. The van der Waals surface area contributed by atoms with Crippen LogP contribution < -0.4 is 4.73 Å². The number of aromatic amines is 1. The molecule has 0 atom stereocenters. The summed E-state index contributed by atoms with van der Waals surface area (Å²) < 4.78 is 1.01. The summed E-state index contributed by atoms with van der Waals surface area (Å²) in [6, 6.07) is 13.5. The van der Waals surface area contributed by atoms with Crippen LogP contribution in [0.3, 0.4) is 0 Å². The highest BCUT2D eigenvalue weighted by Gasteiger charge is 2.31. The van der Waals surface area contributed by atoms with Crippen molar-refractivity contribution < 1.29 is 4.73 Å². The number of rotatable bonds is 2. The molecule has 0 aliphatic rings. The van der Waals surface area contributed by atoms with Crippen molar-refractivity contribution in [2.45, 2.75) is 26.2 Å². The highest BCUT2D eigenvalue weighted by atomic mass is 16.5. The Kier molecular flexibility index (Phi) is 3.45. The van der Waals surface area contributed by atoms with Crippen molar-refractivity contribution >= 4 is 0 Å². The number of pyridine rings is 1. The van der Waals surface area contributed by atoms with Gasteiger partial charge in [0.15, 0.2) is 11.4 Å². The Bertz CT molecular complexity index is 771. The van der Waals surface area contributed by atoms with Crippen LogP contribution in [0.25, 0.3) is 22.5 Å². The van der Waals surface area contributed by atoms with Crippen molar-refractivity contribution in [1.29, 1.82) is 0 Å². The monoisotopic (exact) mass is 293 g/mol. The molecule has 3 rings (SSSR count). The van der Waals surface area contributed by atoms with E-state index in [2.05, 4.69) is 9.97 Å². The summed E-state index contributed by atoms with van der Waals surface area (Å²) in [5.41, 5.74) is 2.97. The Hall–Kier alpha value is -2.62. The van der Waals surface area contributed by atoms with E-state index in [-0.39, 0.29) is 5.41 Å². The molecule has 0 unspecified atom stereocenters. The predicted octanol–water partition coefficient (Wildman–Crippen LogP) is 3.67. The van der Waals surface area contributed by atoms with Gasteiger partial charge in [0.1, 0.15) is 0 Å². The molecule has 0 radical (unpaired) electrons. The lowest BCUT2D eigenvalue weighted by Crippen LogP contribution is -2.37. The summed E-state index contributed by atoms with van der Waals surface area (Å²) in [5, 5.41) is 12.9. The third-order valence-corrected chi connectivity index (χ3v) is 3.59. The Morgan fingerprint density at radius 3 is 2.27 bits per heavy atom. The lowest BCUT2D eigenvalue weighted by Gasteiger charge is -2.16. The first-order valence-corrected chi connectivity index (χ1v) is 7.30. The molecule has 22 heavy (non-hydrogen) atoms. The maximum Gasteiger partial charge on any atom is 0.263 e. The molecular formula is C18H19N3O. The molecule has 0 spiro atoms. The van der Waals surface area contributed by atoms with Gasteiger partial charge in [-0.3, -0.25) is 4.98 Å². The van der Waals surface area contributed by atoms with Gasteiger partial charge in [-0.05, 0) is 32.9 Å². The maximum atomic E-state index is 12.9. The Labute approximate surface area is 130 Å². The molecule has 3 aromatic rings. The summed E-state index contributed by atoms with van der Waals surface area (Å²) in [6.07, 6.45) is 3.50. The van der Waals surface area contributed by atoms with Gasteiger partial charge >= 0.3 is 0 Å². The van der Waals surface area contributed by atoms with Gasteiger partial charge in [0.05, 0.1) is 5.41 Å². The molecule has 2 aromatic heterocycles. The van der Waals surface area contributed by atoms with Crippen LogP contribution in [0.15, 0.2) is 54.9 Å². The molecular weight excluding hydrogens is 274 g/mol. The molecule has 0 aliphatic heterocycles. The van der Waals surface area contributed by atoms with Gasteiger partial charge in [0.2, 0.25) is 0 Å². The van der Waals surface area contributed by atoms with Crippen molar-refractivity contribution in [3.8, 4) is 22.5 Å². The molecule has 112 valence electrons.